The number of alkyl halides is 3. The van der Waals surface area contributed by atoms with Crippen molar-refractivity contribution in [3.63, 3.8) is 0 Å². The summed E-state index contributed by atoms with van der Waals surface area (Å²) in [5, 5.41) is 8.60. The van der Waals surface area contributed by atoms with Crippen LogP contribution in [0.5, 0.6) is 5.75 Å². The molecule has 10 heteroatoms. The summed E-state index contributed by atoms with van der Waals surface area (Å²) in [6.07, 6.45) is -1.05. The molecule has 0 heterocycles. The number of hydrogen-bond donors (Lipinski definition) is 3. The molecule has 3 N–H and O–H groups in total. The Labute approximate surface area is 191 Å². The summed E-state index contributed by atoms with van der Waals surface area (Å²) in [5.74, 6) is 0.319. The summed E-state index contributed by atoms with van der Waals surface area (Å²) in [7, 11) is 1.58. The van der Waals surface area contributed by atoms with E-state index in [1.807, 2.05) is 12.1 Å². The van der Waals surface area contributed by atoms with Gasteiger partial charge in [-0.05, 0) is 71.2 Å². The lowest BCUT2D eigenvalue weighted by Gasteiger charge is -2.28. The van der Waals surface area contributed by atoms with Gasteiger partial charge in [0, 0.05) is 9.26 Å². The van der Waals surface area contributed by atoms with Crippen LogP contribution in [0.1, 0.15) is 10.4 Å². The molecule has 0 aliphatic carbocycles. The number of thiocarbonyl (C=S) groups is 1. The Morgan fingerprint density at radius 3 is 2.30 bits per heavy atom. The lowest BCUT2D eigenvalue weighted by molar-refractivity contribution is 0.0933. The van der Waals surface area contributed by atoms with E-state index in [2.05, 4.69) is 38.5 Å². The van der Waals surface area contributed by atoms with Crippen molar-refractivity contribution in [2.45, 2.75) is 9.96 Å². The molecule has 0 spiro atoms. The first kappa shape index (κ1) is 22.3. The first-order valence-corrected chi connectivity index (χ1v) is 10.2. The summed E-state index contributed by atoms with van der Waals surface area (Å²) in [4.78, 5) is 12.5. The molecule has 1 amide bonds. The van der Waals surface area contributed by atoms with E-state index in [9.17, 15) is 4.79 Å². The van der Waals surface area contributed by atoms with Gasteiger partial charge in [-0.2, -0.15) is 0 Å². The van der Waals surface area contributed by atoms with E-state index in [0.29, 0.717) is 17.0 Å². The van der Waals surface area contributed by atoms with Gasteiger partial charge < -0.3 is 20.7 Å². The summed E-state index contributed by atoms with van der Waals surface area (Å²) in [5.41, 5.74) is 1.17. The Morgan fingerprint density at radius 2 is 1.74 bits per heavy atom. The van der Waals surface area contributed by atoms with Crippen molar-refractivity contribution in [3.8, 4) is 5.75 Å². The number of rotatable bonds is 5. The molecule has 144 valence electrons. The number of halogens is 4. The number of amides is 1. The van der Waals surface area contributed by atoms with Crippen LogP contribution < -0.4 is 20.7 Å². The summed E-state index contributed by atoms with van der Waals surface area (Å²) >= 11 is 25.3. The van der Waals surface area contributed by atoms with Crippen LogP contribution in [0.4, 0.5) is 5.69 Å². The van der Waals surface area contributed by atoms with Crippen molar-refractivity contribution in [2.75, 3.05) is 12.4 Å². The lowest BCUT2D eigenvalue weighted by atomic mass is 10.2. The fourth-order valence-electron chi connectivity index (χ4n) is 2.03. The lowest BCUT2D eigenvalue weighted by Crippen LogP contribution is -2.56. The Hall–Kier alpha value is -1.000. The van der Waals surface area contributed by atoms with Gasteiger partial charge >= 0.3 is 0 Å². The molecule has 0 aliphatic rings. The van der Waals surface area contributed by atoms with Crippen LogP contribution in [0.25, 0.3) is 0 Å². The third-order valence-electron chi connectivity index (χ3n) is 3.34. The second-order valence-corrected chi connectivity index (χ2v) is 9.19. The second kappa shape index (κ2) is 9.97. The highest BCUT2D eigenvalue weighted by atomic mass is 127. The van der Waals surface area contributed by atoms with Crippen LogP contribution in [0.3, 0.4) is 0 Å². The highest BCUT2D eigenvalue weighted by Crippen LogP contribution is 2.29. The molecule has 0 aliphatic heterocycles. The number of carbonyl (C=O) groups is 1. The maximum absolute atomic E-state index is 12.5. The third kappa shape index (κ3) is 6.83. The van der Waals surface area contributed by atoms with Gasteiger partial charge in [-0.3, -0.25) is 4.79 Å². The number of nitrogens with one attached hydrogen (secondary N) is 3. The van der Waals surface area contributed by atoms with Gasteiger partial charge in [0.25, 0.3) is 5.91 Å². The van der Waals surface area contributed by atoms with E-state index in [1.165, 1.54) is 0 Å². The molecule has 2 aromatic rings. The molecule has 0 radical (unpaired) electrons. The van der Waals surface area contributed by atoms with Crippen molar-refractivity contribution < 1.29 is 9.53 Å². The zero-order valence-corrected chi connectivity index (χ0v) is 19.2. The van der Waals surface area contributed by atoms with E-state index in [1.54, 1.807) is 43.5 Å². The molecule has 2 aromatic carbocycles. The maximum atomic E-state index is 12.5. The summed E-state index contributed by atoms with van der Waals surface area (Å²) in [6, 6.07) is 14.2. The van der Waals surface area contributed by atoms with Gasteiger partial charge in [0.2, 0.25) is 3.79 Å². The van der Waals surface area contributed by atoms with Crippen molar-refractivity contribution in [1.82, 2.24) is 10.6 Å². The van der Waals surface area contributed by atoms with Crippen molar-refractivity contribution in [1.29, 1.82) is 0 Å². The first-order chi connectivity index (χ1) is 12.7. The topological polar surface area (TPSA) is 62.4 Å². The van der Waals surface area contributed by atoms with Crippen molar-refractivity contribution in [3.05, 3.63) is 57.7 Å². The molecule has 0 aromatic heterocycles. The van der Waals surface area contributed by atoms with Crippen LogP contribution >= 0.6 is 69.6 Å². The highest BCUT2D eigenvalue weighted by Gasteiger charge is 2.35. The molecule has 1 atom stereocenters. The molecule has 0 bridgehead atoms. The van der Waals surface area contributed by atoms with Crippen LogP contribution in [-0.2, 0) is 0 Å². The number of benzene rings is 2. The molecule has 27 heavy (non-hydrogen) atoms. The summed E-state index contributed by atoms with van der Waals surface area (Å²) < 4.78 is 4.04. The van der Waals surface area contributed by atoms with Gasteiger partial charge in [-0.25, -0.2) is 0 Å². The molecule has 2 rings (SSSR count). The molecule has 0 unspecified atom stereocenters. The molecular weight excluding hydrogens is 544 g/mol. The normalized spacial score (nSPS) is 12.0. The molecule has 0 saturated heterocycles. The SMILES string of the molecule is COc1ccc(NC(=S)N[C@@H](NC(=O)c2ccccc2I)C(Cl)(Cl)Cl)cc1. The molecule has 5 nitrogen and oxygen atoms in total. The minimum Gasteiger partial charge on any atom is -0.497 e. The number of carbonyl (C=O) groups excluding carboxylic acids is 1. The Kier molecular flexibility index (Phi) is 8.23. The number of methoxy groups -OCH3 is 1. The van der Waals surface area contributed by atoms with Gasteiger partial charge in [0.1, 0.15) is 11.9 Å². The minimum atomic E-state index is -1.83. The highest BCUT2D eigenvalue weighted by molar-refractivity contribution is 14.1. The van der Waals surface area contributed by atoms with Gasteiger partial charge in [0.15, 0.2) is 5.11 Å². The minimum absolute atomic E-state index is 0.180. The zero-order chi connectivity index (χ0) is 20.0. The van der Waals surface area contributed by atoms with Crippen LogP contribution in [0, 0.1) is 3.57 Å². The predicted molar refractivity (Wildman–Crippen MR) is 123 cm³/mol. The van der Waals surface area contributed by atoms with E-state index >= 15 is 0 Å². The fraction of sp³-hybridized carbons (Fsp3) is 0.176. The predicted octanol–water partition coefficient (Wildman–Crippen LogP) is 4.71. The summed E-state index contributed by atoms with van der Waals surface area (Å²) in [6.45, 7) is 0. The Morgan fingerprint density at radius 1 is 1.11 bits per heavy atom. The standard InChI is InChI=1S/C17H15Cl3IN3O2S/c1-26-11-8-6-10(7-9-11)22-16(27)24-15(17(18,19)20)23-14(25)12-4-2-3-5-13(12)21/h2-9,15H,1H3,(H,23,25)(H2,22,24,27)/t15-/m1/s1. The largest absolute Gasteiger partial charge is 0.497 e. The van der Waals surface area contributed by atoms with Crippen molar-refractivity contribution >= 4 is 86.3 Å². The average Bonchev–Trinajstić information content (AvgIpc) is 2.61. The maximum Gasteiger partial charge on any atom is 0.254 e. The smallest absolute Gasteiger partial charge is 0.254 e. The monoisotopic (exact) mass is 557 g/mol. The van der Waals surface area contributed by atoms with Crippen LogP contribution in [0.15, 0.2) is 48.5 Å². The Balaban J connectivity index is 2.06. The molecule has 0 fully saturated rings. The number of anilines is 1. The van der Waals surface area contributed by atoms with Crippen LogP contribution in [-0.4, -0.2) is 28.1 Å². The van der Waals surface area contributed by atoms with Gasteiger partial charge in [0.05, 0.1) is 12.7 Å². The van der Waals surface area contributed by atoms with E-state index in [-0.39, 0.29) is 5.11 Å². The van der Waals surface area contributed by atoms with Crippen LogP contribution in [0.2, 0.25) is 0 Å². The molecule has 0 saturated carbocycles. The quantitative estimate of drug-likeness (QED) is 0.215. The second-order valence-electron chi connectivity index (χ2n) is 5.25. The van der Waals surface area contributed by atoms with E-state index in [0.717, 1.165) is 3.57 Å². The third-order valence-corrected chi connectivity index (χ3v) is 5.16. The van der Waals surface area contributed by atoms with Gasteiger partial charge in [-0.15, -0.1) is 0 Å². The first-order valence-electron chi connectivity index (χ1n) is 7.54. The zero-order valence-electron chi connectivity index (χ0n) is 13.9. The van der Waals surface area contributed by atoms with E-state index < -0.39 is 15.9 Å². The number of hydrogen-bond acceptors (Lipinski definition) is 3. The molecular formula is C17H15Cl3IN3O2S. The Bertz CT molecular complexity index is 816. The van der Waals surface area contributed by atoms with Gasteiger partial charge in [-0.1, -0.05) is 46.9 Å². The average molecular weight is 559 g/mol. The van der Waals surface area contributed by atoms with E-state index in [4.69, 9.17) is 51.8 Å². The van der Waals surface area contributed by atoms with Crippen molar-refractivity contribution in [2.24, 2.45) is 0 Å². The fourth-order valence-corrected chi connectivity index (χ4v) is 3.22. The number of ether oxygens (including phenoxy) is 1.